The molecule has 0 aliphatic carbocycles. The van der Waals surface area contributed by atoms with Gasteiger partial charge in [-0.25, -0.2) is 9.37 Å². The second kappa shape index (κ2) is 11.5. The fraction of sp³-hybridized carbons (Fsp3) is 0.444. The Bertz CT molecular complexity index is 704. The Kier molecular flexibility index (Phi) is 10.0. The van der Waals surface area contributed by atoms with Gasteiger partial charge in [-0.1, -0.05) is 19.1 Å². The Labute approximate surface area is 176 Å². The number of hydrogen-bond acceptors (Lipinski definition) is 4. The Balaban J connectivity index is 0.00000338. The van der Waals surface area contributed by atoms with E-state index in [9.17, 15) is 4.39 Å². The van der Waals surface area contributed by atoms with E-state index in [1.54, 1.807) is 30.5 Å². The summed E-state index contributed by atoms with van der Waals surface area (Å²) in [4.78, 5) is 12.0. The van der Waals surface area contributed by atoms with E-state index >= 15 is 0 Å². The predicted octanol–water partition coefficient (Wildman–Crippen LogP) is 3.43. The predicted molar refractivity (Wildman–Crippen MR) is 118 cm³/mol. The summed E-state index contributed by atoms with van der Waals surface area (Å²) in [5, 5.41) is 7.62. The van der Waals surface area contributed by atoms with Crippen LogP contribution in [0, 0.1) is 5.82 Å². The fourth-order valence-electron chi connectivity index (χ4n) is 2.48. The average Bonchev–Trinajstić information content (AvgIpc) is 3.05. The topological polar surface area (TPSA) is 52.6 Å². The van der Waals surface area contributed by atoms with Crippen LogP contribution in [0.15, 0.2) is 35.5 Å². The van der Waals surface area contributed by atoms with Crippen LogP contribution in [0.2, 0.25) is 0 Å². The van der Waals surface area contributed by atoms with Crippen LogP contribution in [-0.4, -0.2) is 43.5 Å². The van der Waals surface area contributed by atoms with Gasteiger partial charge in [0.25, 0.3) is 0 Å². The number of likely N-dealkylation sites (N-methyl/N-ethyl adjacent to an activating group) is 1. The lowest BCUT2D eigenvalue weighted by molar-refractivity contribution is 0.297. The minimum atomic E-state index is -0.220. The summed E-state index contributed by atoms with van der Waals surface area (Å²) >= 11 is 1.71. The minimum absolute atomic E-state index is 0. The first-order chi connectivity index (χ1) is 12.0. The van der Waals surface area contributed by atoms with Gasteiger partial charge in [-0.3, -0.25) is 4.99 Å². The number of nitrogens with zero attached hydrogens (tertiary/aromatic N) is 3. The first-order valence-corrected chi connectivity index (χ1v) is 9.15. The summed E-state index contributed by atoms with van der Waals surface area (Å²) < 4.78 is 13.5. The van der Waals surface area contributed by atoms with Crippen molar-refractivity contribution in [2.24, 2.45) is 4.99 Å². The highest BCUT2D eigenvalue weighted by atomic mass is 127. The maximum atomic E-state index is 13.5. The SMILES string of the molecule is CCc1cnc(CNC(=NC)NCC(c2cccc(F)c2)N(C)C)s1.I. The van der Waals surface area contributed by atoms with Crippen LogP contribution in [0.3, 0.4) is 0 Å². The van der Waals surface area contributed by atoms with Gasteiger partial charge < -0.3 is 15.5 Å². The lowest BCUT2D eigenvalue weighted by atomic mass is 10.1. The molecule has 0 fully saturated rings. The van der Waals surface area contributed by atoms with E-state index in [-0.39, 0.29) is 35.8 Å². The molecular weight excluding hydrogens is 464 g/mol. The molecule has 0 saturated carbocycles. The van der Waals surface area contributed by atoms with Crippen LogP contribution in [0.1, 0.15) is 28.4 Å². The molecule has 0 spiro atoms. The van der Waals surface area contributed by atoms with Crippen LogP contribution in [0.4, 0.5) is 4.39 Å². The molecule has 2 N–H and O–H groups in total. The second-order valence-corrected chi connectivity index (χ2v) is 7.11. The normalized spacial score (nSPS) is 12.6. The number of thiazole rings is 1. The van der Waals surface area contributed by atoms with Gasteiger partial charge in [0.15, 0.2) is 5.96 Å². The van der Waals surface area contributed by atoms with Crippen LogP contribution in [-0.2, 0) is 13.0 Å². The summed E-state index contributed by atoms with van der Waals surface area (Å²) in [5.74, 6) is 0.485. The van der Waals surface area contributed by atoms with Gasteiger partial charge in [0.05, 0.1) is 12.6 Å². The van der Waals surface area contributed by atoms with E-state index in [1.165, 1.54) is 10.9 Å². The Morgan fingerprint density at radius 3 is 2.69 bits per heavy atom. The highest BCUT2D eigenvalue weighted by molar-refractivity contribution is 14.0. The van der Waals surface area contributed by atoms with E-state index in [0.29, 0.717) is 19.0 Å². The third kappa shape index (κ3) is 6.81. The molecule has 0 amide bonds. The second-order valence-electron chi connectivity index (χ2n) is 5.91. The molecule has 5 nitrogen and oxygen atoms in total. The first kappa shape index (κ1) is 22.8. The van der Waals surface area contributed by atoms with Gasteiger partial charge in [-0.2, -0.15) is 0 Å². The third-order valence-electron chi connectivity index (χ3n) is 3.90. The van der Waals surface area contributed by atoms with Crippen molar-refractivity contribution in [3.05, 3.63) is 51.7 Å². The van der Waals surface area contributed by atoms with Crippen LogP contribution >= 0.6 is 35.3 Å². The molecule has 1 atom stereocenters. The zero-order valence-corrected chi connectivity index (χ0v) is 18.8. The zero-order chi connectivity index (χ0) is 18.2. The smallest absolute Gasteiger partial charge is 0.191 e. The Morgan fingerprint density at radius 2 is 2.12 bits per heavy atom. The maximum Gasteiger partial charge on any atom is 0.191 e. The fourth-order valence-corrected chi connectivity index (χ4v) is 3.28. The van der Waals surface area contributed by atoms with E-state index in [4.69, 9.17) is 0 Å². The van der Waals surface area contributed by atoms with E-state index in [0.717, 1.165) is 17.0 Å². The standard InChI is InChI=1S/C18H26FN5S.HI/c1-5-15-10-21-17(25-15)12-23-18(20-2)22-11-16(24(3)4)13-7-6-8-14(19)9-13;/h6-10,16H,5,11-12H2,1-4H3,(H2,20,22,23);1H. The molecule has 0 aliphatic rings. The van der Waals surface area contributed by atoms with Gasteiger partial charge in [0.1, 0.15) is 10.8 Å². The number of aryl methyl sites for hydroxylation is 1. The number of halogens is 2. The van der Waals surface area contributed by atoms with Crippen molar-refractivity contribution >= 4 is 41.3 Å². The molecule has 1 aromatic carbocycles. The van der Waals surface area contributed by atoms with Crippen molar-refractivity contribution in [3.63, 3.8) is 0 Å². The molecule has 0 saturated heterocycles. The highest BCUT2D eigenvalue weighted by Gasteiger charge is 2.15. The number of hydrogen-bond donors (Lipinski definition) is 2. The van der Waals surface area contributed by atoms with Crippen molar-refractivity contribution in [2.75, 3.05) is 27.7 Å². The van der Waals surface area contributed by atoms with E-state index < -0.39 is 0 Å². The maximum absolute atomic E-state index is 13.5. The molecule has 0 aliphatic heterocycles. The first-order valence-electron chi connectivity index (χ1n) is 8.33. The van der Waals surface area contributed by atoms with E-state index in [1.807, 2.05) is 26.4 Å². The molecule has 1 unspecified atom stereocenters. The van der Waals surface area contributed by atoms with Gasteiger partial charge in [0, 0.05) is 24.7 Å². The number of aromatic nitrogens is 1. The zero-order valence-electron chi connectivity index (χ0n) is 15.6. The molecule has 144 valence electrons. The largest absolute Gasteiger partial charge is 0.354 e. The number of guanidine groups is 1. The van der Waals surface area contributed by atoms with Gasteiger partial charge in [-0.15, -0.1) is 35.3 Å². The van der Waals surface area contributed by atoms with Gasteiger partial charge in [-0.05, 0) is 38.2 Å². The van der Waals surface area contributed by atoms with Crippen molar-refractivity contribution in [2.45, 2.75) is 25.9 Å². The van der Waals surface area contributed by atoms with Crippen molar-refractivity contribution in [1.29, 1.82) is 0 Å². The summed E-state index contributed by atoms with van der Waals surface area (Å²) in [6.45, 7) is 3.38. The van der Waals surface area contributed by atoms with Crippen molar-refractivity contribution in [1.82, 2.24) is 20.5 Å². The highest BCUT2D eigenvalue weighted by Crippen LogP contribution is 2.18. The molecule has 2 rings (SSSR count). The van der Waals surface area contributed by atoms with Crippen LogP contribution in [0.25, 0.3) is 0 Å². The molecule has 1 heterocycles. The summed E-state index contributed by atoms with van der Waals surface area (Å²) in [5.41, 5.74) is 0.931. The van der Waals surface area contributed by atoms with Crippen molar-refractivity contribution < 1.29 is 4.39 Å². The number of aliphatic imine (C=N–C) groups is 1. The molecular formula is C18H27FIN5S. The number of rotatable bonds is 7. The molecule has 26 heavy (non-hydrogen) atoms. The quantitative estimate of drug-likeness (QED) is 0.354. The third-order valence-corrected chi connectivity index (χ3v) is 5.04. The molecule has 1 aromatic heterocycles. The number of benzene rings is 1. The minimum Gasteiger partial charge on any atom is -0.354 e. The lowest BCUT2D eigenvalue weighted by Gasteiger charge is -2.26. The Hall–Kier alpha value is -1.26. The Morgan fingerprint density at radius 1 is 1.35 bits per heavy atom. The van der Waals surface area contributed by atoms with E-state index in [2.05, 4.69) is 32.4 Å². The summed E-state index contributed by atoms with van der Waals surface area (Å²) in [7, 11) is 5.70. The lowest BCUT2D eigenvalue weighted by Crippen LogP contribution is -2.41. The molecule has 8 heteroatoms. The molecule has 2 aromatic rings. The molecule has 0 bridgehead atoms. The number of nitrogens with one attached hydrogen (secondary N) is 2. The molecule has 0 radical (unpaired) electrons. The van der Waals surface area contributed by atoms with Crippen molar-refractivity contribution in [3.8, 4) is 0 Å². The van der Waals surface area contributed by atoms with Gasteiger partial charge >= 0.3 is 0 Å². The van der Waals surface area contributed by atoms with Crippen LogP contribution in [0.5, 0.6) is 0 Å². The summed E-state index contributed by atoms with van der Waals surface area (Å²) in [6, 6.07) is 6.75. The monoisotopic (exact) mass is 491 g/mol. The average molecular weight is 491 g/mol. The van der Waals surface area contributed by atoms with Gasteiger partial charge in [0.2, 0.25) is 0 Å². The van der Waals surface area contributed by atoms with Crippen LogP contribution < -0.4 is 10.6 Å². The summed E-state index contributed by atoms with van der Waals surface area (Å²) in [6.07, 6.45) is 2.92.